The van der Waals surface area contributed by atoms with Gasteiger partial charge in [0.05, 0.1) is 15.7 Å². The van der Waals surface area contributed by atoms with Crippen molar-refractivity contribution in [1.29, 1.82) is 0 Å². The van der Waals surface area contributed by atoms with Gasteiger partial charge in [-0.15, -0.1) is 0 Å². The van der Waals surface area contributed by atoms with E-state index >= 15 is 0 Å². The summed E-state index contributed by atoms with van der Waals surface area (Å²) in [5.41, 5.74) is 3.76. The summed E-state index contributed by atoms with van der Waals surface area (Å²) >= 11 is 11.8. The third-order valence-electron chi connectivity index (χ3n) is 3.80. The molecule has 0 radical (unpaired) electrons. The minimum Gasteiger partial charge on any atom is -0.367 e. The molecule has 0 atom stereocenters. The summed E-state index contributed by atoms with van der Waals surface area (Å²) in [7, 11) is 0. The number of H-pyrrole nitrogens is 1. The zero-order chi connectivity index (χ0) is 18.4. The molecule has 0 fully saturated rings. The maximum Gasteiger partial charge on any atom is 0.315 e. The molecule has 7 heteroatoms. The highest BCUT2D eigenvalue weighted by atomic mass is 35.5. The number of carbonyl (C=O) groups is 1. The smallest absolute Gasteiger partial charge is 0.315 e. The molecule has 0 spiro atoms. The lowest BCUT2D eigenvalue weighted by molar-refractivity contribution is 0.240. The lowest BCUT2D eigenvalue weighted by Gasteiger charge is -2.09. The molecule has 2 aromatic heterocycles. The molecule has 3 N–H and O–H groups in total. The highest BCUT2D eigenvalue weighted by molar-refractivity contribution is 6.42. The number of halogens is 2. The van der Waals surface area contributed by atoms with Crippen LogP contribution in [0.1, 0.15) is 11.3 Å². The summed E-state index contributed by atoms with van der Waals surface area (Å²) < 4.78 is 0. The van der Waals surface area contributed by atoms with Crippen LogP contribution in [0.2, 0.25) is 10.0 Å². The minimum atomic E-state index is -0.238. The molecule has 0 bridgehead atoms. The molecule has 2 heterocycles. The first-order valence-corrected chi connectivity index (χ1v) is 8.92. The standard InChI is InChI=1S/C19H18Cl2N4O/c20-16-5-4-13(10-17(16)21)11-24-19(26)23-9-7-15-2-1-3-18(25-15)14-6-8-22-12-14/h1-6,8,10,12,22H,7,9,11H2,(H2,23,24,26). The van der Waals surface area contributed by atoms with Crippen molar-refractivity contribution in [2.45, 2.75) is 13.0 Å². The number of nitrogens with one attached hydrogen (secondary N) is 3. The molecular weight excluding hydrogens is 371 g/mol. The van der Waals surface area contributed by atoms with Crippen LogP contribution in [0.15, 0.2) is 54.9 Å². The van der Waals surface area contributed by atoms with Crippen molar-refractivity contribution in [2.75, 3.05) is 6.54 Å². The van der Waals surface area contributed by atoms with E-state index in [-0.39, 0.29) is 6.03 Å². The Kier molecular flexibility index (Phi) is 6.15. The van der Waals surface area contributed by atoms with E-state index in [1.807, 2.05) is 42.7 Å². The SMILES string of the molecule is O=C(NCCc1cccc(-c2cc[nH]c2)n1)NCc1ccc(Cl)c(Cl)c1. The summed E-state index contributed by atoms with van der Waals surface area (Å²) in [5.74, 6) is 0. The van der Waals surface area contributed by atoms with Crippen LogP contribution in [0.5, 0.6) is 0 Å². The van der Waals surface area contributed by atoms with E-state index in [0.29, 0.717) is 29.6 Å². The van der Waals surface area contributed by atoms with Crippen molar-refractivity contribution in [1.82, 2.24) is 20.6 Å². The Bertz CT molecular complexity index is 881. The number of rotatable bonds is 6. The summed E-state index contributed by atoms with van der Waals surface area (Å²) in [5, 5.41) is 6.58. The van der Waals surface area contributed by atoms with Gasteiger partial charge in [0.15, 0.2) is 0 Å². The number of hydrogen-bond acceptors (Lipinski definition) is 2. The molecular formula is C19H18Cl2N4O. The number of amides is 2. The van der Waals surface area contributed by atoms with Gasteiger partial charge in [0.25, 0.3) is 0 Å². The van der Waals surface area contributed by atoms with Crippen molar-refractivity contribution in [3.8, 4) is 11.3 Å². The van der Waals surface area contributed by atoms with Gasteiger partial charge in [-0.25, -0.2) is 4.79 Å². The fraction of sp³-hybridized carbons (Fsp3) is 0.158. The predicted octanol–water partition coefficient (Wildman–Crippen LogP) is 4.43. The molecule has 3 aromatic rings. The van der Waals surface area contributed by atoms with E-state index < -0.39 is 0 Å². The van der Waals surface area contributed by atoms with Crippen LogP contribution in [0, 0.1) is 0 Å². The molecule has 0 aliphatic heterocycles. The Hall–Kier alpha value is -2.50. The van der Waals surface area contributed by atoms with Crippen LogP contribution in [-0.2, 0) is 13.0 Å². The van der Waals surface area contributed by atoms with Gasteiger partial charge in [-0.2, -0.15) is 0 Å². The number of nitrogens with zero attached hydrogens (tertiary/aromatic N) is 1. The number of benzene rings is 1. The fourth-order valence-electron chi connectivity index (χ4n) is 2.46. The summed E-state index contributed by atoms with van der Waals surface area (Å²) in [4.78, 5) is 19.5. The molecule has 0 saturated carbocycles. The number of aromatic amines is 1. The monoisotopic (exact) mass is 388 g/mol. The zero-order valence-electron chi connectivity index (χ0n) is 13.9. The van der Waals surface area contributed by atoms with Gasteiger partial charge in [0.1, 0.15) is 0 Å². The van der Waals surface area contributed by atoms with Crippen LogP contribution in [0.25, 0.3) is 11.3 Å². The van der Waals surface area contributed by atoms with Gasteiger partial charge in [-0.05, 0) is 35.9 Å². The zero-order valence-corrected chi connectivity index (χ0v) is 15.4. The Morgan fingerprint density at radius 3 is 2.73 bits per heavy atom. The molecule has 134 valence electrons. The number of carbonyl (C=O) groups excluding carboxylic acids is 1. The average molecular weight is 389 g/mol. The van der Waals surface area contributed by atoms with E-state index in [1.54, 1.807) is 12.1 Å². The van der Waals surface area contributed by atoms with E-state index in [2.05, 4.69) is 20.6 Å². The van der Waals surface area contributed by atoms with Crippen molar-refractivity contribution in [3.63, 3.8) is 0 Å². The number of aromatic nitrogens is 2. The molecule has 0 aliphatic rings. The first kappa shape index (κ1) is 18.3. The first-order chi connectivity index (χ1) is 12.6. The maximum atomic E-state index is 11.9. The maximum absolute atomic E-state index is 11.9. The number of urea groups is 1. The van der Waals surface area contributed by atoms with Crippen LogP contribution >= 0.6 is 23.2 Å². The van der Waals surface area contributed by atoms with Crippen LogP contribution in [0.3, 0.4) is 0 Å². The van der Waals surface area contributed by atoms with Gasteiger partial charge in [-0.1, -0.05) is 35.3 Å². The molecule has 5 nitrogen and oxygen atoms in total. The largest absolute Gasteiger partial charge is 0.367 e. The number of pyridine rings is 1. The first-order valence-electron chi connectivity index (χ1n) is 8.16. The lowest BCUT2D eigenvalue weighted by Crippen LogP contribution is -2.36. The molecule has 2 amide bonds. The molecule has 3 rings (SSSR count). The van der Waals surface area contributed by atoms with Crippen molar-refractivity contribution < 1.29 is 4.79 Å². The highest BCUT2D eigenvalue weighted by Gasteiger charge is 2.05. The predicted molar refractivity (Wildman–Crippen MR) is 104 cm³/mol. The van der Waals surface area contributed by atoms with E-state index in [1.165, 1.54) is 0 Å². The Balaban J connectivity index is 1.45. The van der Waals surface area contributed by atoms with Gasteiger partial charge < -0.3 is 15.6 Å². The highest BCUT2D eigenvalue weighted by Crippen LogP contribution is 2.22. The Labute approximate surface area is 161 Å². The Morgan fingerprint density at radius 1 is 1.08 bits per heavy atom. The third kappa shape index (κ3) is 5.00. The van der Waals surface area contributed by atoms with Crippen LogP contribution < -0.4 is 10.6 Å². The quantitative estimate of drug-likeness (QED) is 0.584. The fourth-order valence-corrected chi connectivity index (χ4v) is 2.78. The van der Waals surface area contributed by atoms with Crippen LogP contribution in [0.4, 0.5) is 4.79 Å². The molecule has 0 saturated heterocycles. The number of hydrogen-bond donors (Lipinski definition) is 3. The molecule has 0 unspecified atom stereocenters. The van der Waals surface area contributed by atoms with Gasteiger partial charge >= 0.3 is 6.03 Å². The summed E-state index contributed by atoms with van der Waals surface area (Å²) in [6, 6.07) is 12.9. The van der Waals surface area contributed by atoms with E-state index in [0.717, 1.165) is 22.5 Å². The van der Waals surface area contributed by atoms with Crippen molar-refractivity contribution >= 4 is 29.2 Å². The average Bonchev–Trinajstić information content (AvgIpc) is 3.18. The molecule has 1 aromatic carbocycles. The van der Waals surface area contributed by atoms with Gasteiger partial charge in [-0.3, -0.25) is 4.98 Å². The second-order valence-corrected chi connectivity index (χ2v) is 6.54. The van der Waals surface area contributed by atoms with E-state index in [4.69, 9.17) is 23.2 Å². The van der Waals surface area contributed by atoms with E-state index in [9.17, 15) is 4.79 Å². The van der Waals surface area contributed by atoms with Gasteiger partial charge in [0, 0.05) is 43.2 Å². The topological polar surface area (TPSA) is 69.8 Å². The minimum absolute atomic E-state index is 0.238. The summed E-state index contributed by atoms with van der Waals surface area (Å²) in [6.07, 6.45) is 4.42. The third-order valence-corrected chi connectivity index (χ3v) is 4.54. The lowest BCUT2D eigenvalue weighted by atomic mass is 10.2. The van der Waals surface area contributed by atoms with Gasteiger partial charge in [0.2, 0.25) is 0 Å². The van der Waals surface area contributed by atoms with Crippen molar-refractivity contribution in [2.24, 2.45) is 0 Å². The Morgan fingerprint density at radius 2 is 1.96 bits per heavy atom. The second-order valence-electron chi connectivity index (χ2n) is 5.72. The van der Waals surface area contributed by atoms with Crippen molar-refractivity contribution in [3.05, 3.63) is 76.2 Å². The summed E-state index contributed by atoms with van der Waals surface area (Å²) in [6.45, 7) is 0.876. The molecule has 0 aliphatic carbocycles. The normalized spacial score (nSPS) is 10.5. The van der Waals surface area contributed by atoms with Crippen LogP contribution in [-0.4, -0.2) is 22.5 Å². The molecule has 26 heavy (non-hydrogen) atoms. The second kappa shape index (κ2) is 8.74.